The van der Waals surface area contributed by atoms with Crippen molar-refractivity contribution in [3.63, 3.8) is 0 Å². The van der Waals surface area contributed by atoms with E-state index in [4.69, 9.17) is 23.2 Å². The molecule has 0 radical (unpaired) electrons. The lowest BCUT2D eigenvalue weighted by molar-refractivity contribution is -0.117. The Morgan fingerprint density at radius 3 is 2.21 bits per heavy atom. The van der Waals surface area contributed by atoms with Crippen LogP contribution in [0.15, 0.2) is 48.5 Å². The van der Waals surface area contributed by atoms with Crippen molar-refractivity contribution < 1.29 is 9.59 Å². The maximum atomic E-state index is 12.2. The molecule has 1 heterocycles. The van der Waals surface area contributed by atoms with Gasteiger partial charge in [-0.05, 0) is 48.5 Å². The second-order valence-corrected chi connectivity index (χ2v) is 6.36. The van der Waals surface area contributed by atoms with Crippen LogP contribution in [0.2, 0.25) is 10.0 Å². The lowest BCUT2D eigenvalue weighted by Gasteiger charge is -2.17. The van der Waals surface area contributed by atoms with Gasteiger partial charge in [0, 0.05) is 34.4 Å². The van der Waals surface area contributed by atoms with Crippen molar-refractivity contribution in [3.05, 3.63) is 58.6 Å². The van der Waals surface area contributed by atoms with Crippen LogP contribution in [-0.4, -0.2) is 24.5 Å². The van der Waals surface area contributed by atoms with E-state index in [2.05, 4.69) is 10.6 Å². The molecule has 1 fully saturated rings. The summed E-state index contributed by atoms with van der Waals surface area (Å²) < 4.78 is 0. The van der Waals surface area contributed by atoms with Crippen molar-refractivity contribution in [1.82, 2.24) is 5.32 Å². The molecule has 5 nitrogen and oxygen atoms in total. The van der Waals surface area contributed by atoms with Gasteiger partial charge in [-0.1, -0.05) is 23.2 Å². The van der Waals surface area contributed by atoms with Crippen LogP contribution >= 0.6 is 23.2 Å². The molecule has 1 saturated heterocycles. The van der Waals surface area contributed by atoms with Crippen LogP contribution in [0.4, 0.5) is 16.2 Å². The highest BCUT2D eigenvalue weighted by atomic mass is 35.5. The summed E-state index contributed by atoms with van der Waals surface area (Å²) in [6, 6.07) is 13.2. The molecule has 0 spiro atoms. The Bertz CT molecular complexity index is 747. The zero-order valence-corrected chi connectivity index (χ0v) is 14.1. The van der Waals surface area contributed by atoms with Gasteiger partial charge in [-0.15, -0.1) is 0 Å². The van der Waals surface area contributed by atoms with Gasteiger partial charge in [0.1, 0.15) is 0 Å². The molecule has 1 aliphatic heterocycles. The fraction of sp³-hybridized carbons (Fsp3) is 0.176. The van der Waals surface area contributed by atoms with Crippen LogP contribution in [0, 0.1) is 0 Å². The first-order chi connectivity index (χ1) is 11.5. The van der Waals surface area contributed by atoms with Gasteiger partial charge in [-0.3, -0.25) is 4.79 Å². The molecule has 0 bridgehead atoms. The lowest BCUT2D eigenvalue weighted by Crippen LogP contribution is -2.39. The first-order valence-corrected chi connectivity index (χ1v) is 8.16. The first kappa shape index (κ1) is 16.6. The second kappa shape index (κ2) is 7.11. The fourth-order valence-corrected chi connectivity index (χ4v) is 2.81. The Balaban J connectivity index is 1.58. The van der Waals surface area contributed by atoms with E-state index in [1.807, 2.05) is 0 Å². The molecule has 3 rings (SSSR count). The Morgan fingerprint density at radius 2 is 1.58 bits per heavy atom. The van der Waals surface area contributed by atoms with E-state index in [0.717, 1.165) is 5.69 Å². The molecule has 0 aliphatic carbocycles. The summed E-state index contributed by atoms with van der Waals surface area (Å²) in [7, 11) is 0. The summed E-state index contributed by atoms with van der Waals surface area (Å²) in [5, 5.41) is 6.74. The van der Waals surface area contributed by atoms with Gasteiger partial charge in [-0.25, -0.2) is 4.79 Å². The van der Waals surface area contributed by atoms with Gasteiger partial charge in [0.25, 0.3) is 0 Å². The molecule has 0 unspecified atom stereocenters. The van der Waals surface area contributed by atoms with Crippen LogP contribution in [0.25, 0.3) is 0 Å². The summed E-state index contributed by atoms with van der Waals surface area (Å²) in [6.07, 6.45) is 0.261. The van der Waals surface area contributed by atoms with Crippen LogP contribution in [-0.2, 0) is 4.79 Å². The Labute approximate surface area is 149 Å². The number of benzene rings is 2. The molecular formula is C17H15Cl2N3O2. The van der Waals surface area contributed by atoms with E-state index in [1.54, 1.807) is 53.4 Å². The maximum absolute atomic E-state index is 12.2. The number of urea groups is 1. The Hall–Kier alpha value is -2.24. The molecule has 24 heavy (non-hydrogen) atoms. The highest BCUT2D eigenvalue weighted by Gasteiger charge is 2.31. The number of anilines is 2. The van der Waals surface area contributed by atoms with E-state index in [0.29, 0.717) is 22.3 Å². The number of rotatable bonds is 3. The topological polar surface area (TPSA) is 61.4 Å². The SMILES string of the molecule is O=C(Nc1ccc(Cl)cc1)N[C@@H]1CC(=O)N(c2ccc(Cl)cc2)C1. The van der Waals surface area contributed by atoms with Crippen molar-refractivity contribution in [3.8, 4) is 0 Å². The van der Waals surface area contributed by atoms with E-state index in [-0.39, 0.29) is 24.4 Å². The molecule has 2 N–H and O–H groups in total. The number of nitrogens with zero attached hydrogens (tertiary/aromatic N) is 1. The molecule has 2 aromatic rings. The van der Waals surface area contributed by atoms with Crippen molar-refractivity contribution in [2.24, 2.45) is 0 Å². The molecule has 124 valence electrons. The monoisotopic (exact) mass is 363 g/mol. The highest BCUT2D eigenvalue weighted by molar-refractivity contribution is 6.31. The van der Waals surface area contributed by atoms with Gasteiger partial charge < -0.3 is 15.5 Å². The van der Waals surface area contributed by atoms with Crippen molar-refractivity contribution >= 4 is 46.5 Å². The summed E-state index contributed by atoms with van der Waals surface area (Å²) in [4.78, 5) is 25.8. The fourth-order valence-electron chi connectivity index (χ4n) is 2.56. The highest BCUT2D eigenvalue weighted by Crippen LogP contribution is 2.23. The van der Waals surface area contributed by atoms with Gasteiger partial charge in [-0.2, -0.15) is 0 Å². The third-order valence-electron chi connectivity index (χ3n) is 3.70. The average molecular weight is 364 g/mol. The number of carbonyl (C=O) groups is 2. The van der Waals surface area contributed by atoms with E-state index in [9.17, 15) is 9.59 Å². The first-order valence-electron chi connectivity index (χ1n) is 7.40. The number of halogens is 2. The number of carbonyl (C=O) groups excluding carboxylic acids is 2. The molecular weight excluding hydrogens is 349 g/mol. The molecule has 7 heteroatoms. The normalized spacial score (nSPS) is 17.0. The lowest BCUT2D eigenvalue weighted by atomic mass is 10.2. The van der Waals surface area contributed by atoms with Crippen LogP contribution in [0.5, 0.6) is 0 Å². The molecule has 2 aromatic carbocycles. The minimum atomic E-state index is -0.354. The maximum Gasteiger partial charge on any atom is 0.319 e. The smallest absolute Gasteiger partial charge is 0.319 e. The van der Waals surface area contributed by atoms with Gasteiger partial charge in [0.05, 0.1) is 6.04 Å². The largest absolute Gasteiger partial charge is 0.333 e. The van der Waals surface area contributed by atoms with Gasteiger partial charge in [0.2, 0.25) is 5.91 Å². The molecule has 0 aromatic heterocycles. The zero-order chi connectivity index (χ0) is 17.1. The Kier molecular flexibility index (Phi) is 4.92. The standard InChI is InChI=1S/C17H15Cl2N3O2/c18-11-1-5-13(6-2-11)20-17(24)21-14-9-16(23)22(10-14)15-7-3-12(19)4-8-15/h1-8,14H,9-10H2,(H2,20,21,24)/t14-/m1/s1. The number of hydrogen-bond acceptors (Lipinski definition) is 2. The zero-order valence-electron chi connectivity index (χ0n) is 12.6. The van der Waals surface area contributed by atoms with Crippen LogP contribution < -0.4 is 15.5 Å². The van der Waals surface area contributed by atoms with Crippen molar-refractivity contribution in [1.29, 1.82) is 0 Å². The molecule has 1 aliphatic rings. The van der Waals surface area contributed by atoms with Gasteiger partial charge >= 0.3 is 6.03 Å². The summed E-state index contributed by atoms with van der Waals surface area (Å²) in [5.74, 6) is -0.0332. The average Bonchev–Trinajstić information content (AvgIpc) is 2.90. The molecule has 1 atom stereocenters. The van der Waals surface area contributed by atoms with E-state index < -0.39 is 0 Å². The predicted molar refractivity (Wildman–Crippen MR) is 95.8 cm³/mol. The predicted octanol–water partition coefficient (Wildman–Crippen LogP) is 3.92. The number of amides is 3. The summed E-state index contributed by atoms with van der Waals surface area (Å²) in [5.41, 5.74) is 1.41. The molecule has 3 amide bonds. The minimum absolute atomic E-state index is 0.0332. The Morgan fingerprint density at radius 1 is 1.00 bits per heavy atom. The van der Waals surface area contributed by atoms with Crippen molar-refractivity contribution in [2.45, 2.75) is 12.5 Å². The van der Waals surface area contributed by atoms with E-state index in [1.165, 1.54) is 0 Å². The van der Waals surface area contributed by atoms with E-state index >= 15 is 0 Å². The van der Waals surface area contributed by atoms with Crippen molar-refractivity contribution in [2.75, 3.05) is 16.8 Å². The minimum Gasteiger partial charge on any atom is -0.333 e. The number of hydrogen-bond donors (Lipinski definition) is 2. The second-order valence-electron chi connectivity index (χ2n) is 5.49. The van der Waals surface area contributed by atoms with Gasteiger partial charge in [0.15, 0.2) is 0 Å². The van der Waals surface area contributed by atoms with Crippen LogP contribution in [0.3, 0.4) is 0 Å². The third-order valence-corrected chi connectivity index (χ3v) is 4.20. The molecule has 0 saturated carbocycles. The van der Waals surface area contributed by atoms with Crippen LogP contribution in [0.1, 0.15) is 6.42 Å². The third kappa shape index (κ3) is 3.99. The summed E-state index contributed by atoms with van der Waals surface area (Å²) in [6.45, 7) is 0.425. The summed E-state index contributed by atoms with van der Waals surface area (Å²) >= 11 is 11.7. The quantitative estimate of drug-likeness (QED) is 0.867. The number of nitrogens with one attached hydrogen (secondary N) is 2.